The molecule has 4 nitrogen and oxygen atoms in total. The number of imide groups is 1. The molecule has 1 aliphatic rings. The van der Waals surface area contributed by atoms with Gasteiger partial charge in [0.2, 0.25) is 11.8 Å². The van der Waals surface area contributed by atoms with Crippen molar-refractivity contribution in [3.05, 3.63) is 0 Å². The molecule has 1 aliphatic heterocycles. The highest BCUT2D eigenvalue weighted by Gasteiger charge is 2.22. The van der Waals surface area contributed by atoms with E-state index >= 15 is 0 Å². The summed E-state index contributed by atoms with van der Waals surface area (Å²) in [6.07, 6.45) is 5.61. The van der Waals surface area contributed by atoms with Crippen molar-refractivity contribution in [3.63, 3.8) is 0 Å². The molecule has 2 amide bonds. The van der Waals surface area contributed by atoms with E-state index in [1.807, 2.05) is 0 Å². The molecule has 0 aromatic heterocycles. The molecule has 2 N–H and O–H groups in total. The first kappa shape index (κ1) is 12.2. The summed E-state index contributed by atoms with van der Waals surface area (Å²) in [5, 5.41) is 0. The fourth-order valence-electron chi connectivity index (χ4n) is 1.80. The summed E-state index contributed by atoms with van der Waals surface area (Å²) in [5.74, 6) is 0.00972. The third-order valence-electron chi connectivity index (χ3n) is 2.72. The van der Waals surface area contributed by atoms with Gasteiger partial charge in [0.1, 0.15) is 0 Å². The van der Waals surface area contributed by atoms with Crippen LogP contribution in [0.5, 0.6) is 0 Å². The van der Waals surface area contributed by atoms with Crippen LogP contribution in [-0.2, 0) is 9.59 Å². The van der Waals surface area contributed by atoms with E-state index in [9.17, 15) is 9.59 Å². The zero-order valence-corrected chi connectivity index (χ0v) is 9.21. The third kappa shape index (κ3) is 4.00. The van der Waals surface area contributed by atoms with E-state index in [0.717, 1.165) is 32.1 Å². The van der Waals surface area contributed by atoms with Gasteiger partial charge < -0.3 is 5.73 Å². The molecule has 15 heavy (non-hydrogen) atoms. The van der Waals surface area contributed by atoms with Gasteiger partial charge in [-0.25, -0.2) is 0 Å². The zero-order valence-electron chi connectivity index (χ0n) is 9.21. The predicted octanol–water partition coefficient (Wildman–Crippen LogP) is 1.04. The van der Waals surface area contributed by atoms with E-state index in [2.05, 4.69) is 0 Å². The molecular formula is C11H20N2O2. The molecule has 0 aromatic carbocycles. The van der Waals surface area contributed by atoms with E-state index in [0.29, 0.717) is 25.9 Å². The number of hydrogen-bond acceptors (Lipinski definition) is 3. The lowest BCUT2D eigenvalue weighted by Gasteiger charge is -2.18. The number of unbranched alkanes of at least 4 members (excludes halogenated alkanes) is 2. The topological polar surface area (TPSA) is 63.4 Å². The smallest absolute Gasteiger partial charge is 0.229 e. The Kier molecular flexibility index (Phi) is 5.32. The van der Waals surface area contributed by atoms with Gasteiger partial charge in [0.25, 0.3) is 0 Å². The number of amides is 2. The zero-order chi connectivity index (χ0) is 11.1. The van der Waals surface area contributed by atoms with E-state index in [1.165, 1.54) is 4.90 Å². The molecule has 86 valence electrons. The van der Waals surface area contributed by atoms with Crippen molar-refractivity contribution >= 4 is 11.8 Å². The Hall–Kier alpha value is -0.900. The van der Waals surface area contributed by atoms with Gasteiger partial charge in [0.05, 0.1) is 0 Å². The molecule has 0 atom stereocenters. The predicted molar refractivity (Wildman–Crippen MR) is 58.1 cm³/mol. The normalized spacial score (nSPS) is 18.1. The molecule has 0 radical (unpaired) electrons. The molecule has 0 spiro atoms. The van der Waals surface area contributed by atoms with Gasteiger partial charge in [-0.2, -0.15) is 0 Å². The third-order valence-corrected chi connectivity index (χ3v) is 2.72. The number of nitrogens with two attached hydrogens (primary N) is 1. The number of carbonyl (C=O) groups excluding carboxylic acids is 2. The first-order valence-electron chi connectivity index (χ1n) is 5.79. The van der Waals surface area contributed by atoms with Crippen molar-refractivity contribution in [2.45, 2.75) is 44.9 Å². The van der Waals surface area contributed by atoms with Crippen LogP contribution in [0.15, 0.2) is 0 Å². The summed E-state index contributed by atoms with van der Waals surface area (Å²) < 4.78 is 0. The molecule has 0 saturated carbocycles. The van der Waals surface area contributed by atoms with Crippen LogP contribution in [0.3, 0.4) is 0 Å². The first-order chi connectivity index (χ1) is 7.25. The van der Waals surface area contributed by atoms with Crippen LogP contribution in [0, 0.1) is 0 Å². The Labute approximate surface area is 90.8 Å². The minimum absolute atomic E-state index is 0.00486. The maximum atomic E-state index is 11.6. The van der Waals surface area contributed by atoms with Gasteiger partial charge in [-0.1, -0.05) is 6.42 Å². The van der Waals surface area contributed by atoms with Gasteiger partial charge in [-0.3, -0.25) is 14.5 Å². The summed E-state index contributed by atoms with van der Waals surface area (Å²) in [6.45, 7) is 1.26. The van der Waals surface area contributed by atoms with Crippen LogP contribution in [0.25, 0.3) is 0 Å². The molecular weight excluding hydrogens is 192 g/mol. The molecule has 0 unspecified atom stereocenters. The summed E-state index contributed by atoms with van der Waals surface area (Å²) in [4.78, 5) is 24.6. The molecule has 0 bridgehead atoms. The van der Waals surface area contributed by atoms with Crippen molar-refractivity contribution in [2.24, 2.45) is 5.73 Å². The Morgan fingerprint density at radius 3 is 2.13 bits per heavy atom. The Morgan fingerprint density at radius 2 is 1.60 bits per heavy atom. The van der Waals surface area contributed by atoms with Crippen LogP contribution in [-0.4, -0.2) is 29.8 Å². The quantitative estimate of drug-likeness (QED) is 0.547. The van der Waals surface area contributed by atoms with Crippen molar-refractivity contribution in [1.29, 1.82) is 0 Å². The largest absolute Gasteiger partial charge is 0.330 e. The summed E-state index contributed by atoms with van der Waals surface area (Å²) in [5.41, 5.74) is 5.38. The van der Waals surface area contributed by atoms with Crippen LogP contribution >= 0.6 is 0 Å². The van der Waals surface area contributed by atoms with Crippen LogP contribution in [0.1, 0.15) is 44.9 Å². The fraction of sp³-hybridized carbons (Fsp3) is 0.818. The van der Waals surface area contributed by atoms with Crippen molar-refractivity contribution < 1.29 is 9.59 Å². The van der Waals surface area contributed by atoms with Crippen molar-refractivity contribution in [1.82, 2.24) is 4.90 Å². The van der Waals surface area contributed by atoms with Crippen molar-refractivity contribution in [3.8, 4) is 0 Å². The van der Waals surface area contributed by atoms with Gasteiger partial charge in [0.15, 0.2) is 0 Å². The molecule has 4 heteroatoms. The number of likely N-dealkylation sites (tertiary alicyclic amines) is 1. The van der Waals surface area contributed by atoms with Crippen LogP contribution in [0.2, 0.25) is 0 Å². The lowest BCUT2D eigenvalue weighted by molar-refractivity contribution is -0.143. The van der Waals surface area contributed by atoms with Crippen LogP contribution in [0.4, 0.5) is 0 Å². The van der Waals surface area contributed by atoms with E-state index < -0.39 is 0 Å². The number of nitrogens with zero attached hydrogens (tertiary/aromatic N) is 1. The molecule has 0 aliphatic carbocycles. The molecule has 1 heterocycles. The second kappa shape index (κ2) is 6.56. The van der Waals surface area contributed by atoms with E-state index in [1.54, 1.807) is 0 Å². The summed E-state index contributed by atoms with van der Waals surface area (Å²) in [7, 11) is 0. The second-order valence-corrected chi connectivity index (χ2v) is 4.00. The lowest BCUT2D eigenvalue weighted by Crippen LogP contribution is -2.35. The maximum Gasteiger partial charge on any atom is 0.229 e. The minimum atomic E-state index is 0.00486. The highest BCUT2D eigenvalue weighted by atomic mass is 16.2. The second-order valence-electron chi connectivity index (χ2n) is 4.00. The Morgan fingerprint density at radius 1 is 1.00 bits per heavy atom. The number of rotatable bonds is 5. The lowest BCUT2D eigenvalue weighted by atomic mass is 10.2. The molecule has 1 rings (SSSR count). The average Bonchev–Trinajstić information content (AvgIpc) is 2.37. The molecule has 0 aromatic rings. The van der Waals surface area contributed by atoms with E-state index in [4.69, 9.17) is 5.73 Å². The SMILES string of the molecule is NCCCCCN1C(=O)CCCCC1=O. The monoisotopic (exact) mass is 212 g/mol. The Bertz CT molecular complexity index is 211. The highest BCUT2D eigenvalue weighted by molar-refractivity contribution is 5.95. The van der Waals surface area contributed by atoms with Gasteiger partial charge in [-0.05, 0) is 32.2 Å². The summed E-state index contributed by atoms with van der Waals surface area (Å²) in [6, 6.07) is 0. The fourth-order valence-corrected chi connectivity index (χ4v) is 1.80. The van der Waals surface area contributed by atoms with Gasteiger partial charge >= 0.3 is 0 Å². The highest BCUT2D eigenvalue weighted by Crippen LogP contribution is 2.13. The average molecular weight is 212 g/mol. The minimum Gasteiger partial charge on any atom is -0.330 e. The standard InChI is InChI=1S/C11H20N2O2/c12-8-4-1-5-9-13-10(14)6-2-3-7-11(13)15/h1-9,12H2. The number of carbonyl (C=O) groups is 2. The molecule has 1 saturated heterocycles. The van der Waals surface area contributed by atoms with Gasteiger partial charge in [-0.15, -0.1) is 0 Å². The van der Waals surface area contributed by atoms with Gasteiger partial charge in [0, 0.05) is 19.4 Å². The first-order valence-corrected chi connectivity index (χ1v) is 5.79. The van der Waals surface area contributed by atoms with Crippen molar-refractivity contribution in [2.75, 3.05) is 13.1 Å². The maximum absolute atomic E-state index is 11.6. The van der Waals surface area contributed by atoms with E-state index in [-0.39, 0.29) is 11.8 Å². The molecule has 1 fully saturated rings. The summed E-state index contributed by atoms with van der Waals surface area (Å²) >= 11 is 0. The van der Waals surface area contributed by atoms with Crippen LogP contribution < -0.4 is 5.73 Å². The number of hydrogen-bond donors (Lipinski definition) is 1. The Balaban J connectivity index is 2.35.